The quantitative estimate of drug-likeness (QED) is 0.539. The number of hydrogen-bond acceptors (Lipinski definition) is 4. The topological polar surface area (TPSA) is 38.3 Å². The summed E-state index contributed by atoms with van der Waals surface area (Å²) in [6.07, 6.45) is 0. The van der Waals surface area contributed by atoms with E-state index in [2.05, 4.69) is 5.32 Å². The maximum Gasteiger partial charge on any atom is 0.221 e. The Hall–Kier alpha value is -0.290. The van der Waals surface area contributed by atoms with Crippen LogP contribution in [0.1, 0.15) is 13.8 Å². The van der Waals surface area contributed by atoms with Gasteiger partial charge in [-0.25, -0.2) is 0 Å². The van der Waals surface area contributed by atoms with Gasteiger partial charge in [-0.15, -0.1) is 0 Å². The third-order valence-electron chi connectivity index (χ3n) is 0.773. The first-order valence-electron chi connectivity index (χ1n) is 3.20. The lowest BCUT2D eigenvalue weighted by Crippen LogP contribution is -2.19. The van der Waals surface area contributed by atoms with Crippen molar-refractivity contribution < 1.29 is 9.53 Å². The summed E-state index contributed by atoms with van der Waals surface area (Å²) in [5.74, 6) is 0.422. The van der Waals surface area contributed by atoms with Gasteiger partial charge in [0.05, 0.1) is 12.5 Å². The third kappa shape index (κ3) is 7.61. The third-order valence-corrected chi connectivity index (χ3v) is 1.89. The summed E-state index contributed by atoms with van der Waals surface area (Å²) >= 11 is 6.10. The summed E-state index contributed by atoms with van der Waals surface area (Å²) in [4.78, 5) is 10.4. The van der Waals surface area contributed by atoms with Crippen molar-refractivity contribution >= 4 is 34.3 Å². The molecule has 5 heteroatoms. The van der Waals surface area contributed by atoms with Gasteiger partial charge >= 0.3 is 0 Å². The fraction of sp³-hybridized carbons (Fsp3) is 0.667. The fourth-order valence-corrected chi connectivity index (χ4v) is 1.25. The van der Waals surface area contributed by atoms with Crippen LogP contribution in [0.5, 0.6) is 0 Å². The Morgan fingerprint density at radius 2 is 2.36 bits per heavy atom. The predicted molar refractivity (Wildman–Crippen MR) is 50.5 cm³/mol. The highest BCUT2D eigenvalue weighted by Crippen LogP contribution is 2.02. The van der Waals surface area contributed by atoms with Crippen LogP contribution in [0.3, 0.4) is 0 Å². The molecule has 0 rings (SSSR count). The van der Waals surface area contributed by atoms with Gasteiger partial charge in [0, 0.05) is 6.92 Å². The molecule has 0 aliphatic carbocycles. The van der Waals surface area contributed by atoms with Crippen molar-refractivity contribution in [3.8, 4) is 0 Å². The number of rotatable bonds is 3. The minimum atomic E-state index is -0.0585. The molecule has 0 aliphatic heterocycles. The molecule has 1 N–H and O–H groups in total. The Morgan fingerprint density at radius 1 is 1.73 bits per heavy atom. The molecule has 11 heavy (non-hydrogen) atoms. The summed E-state index contributed by atoms with van der Waals surface area (Å²) in [6.45, 7) is 3.90. The van der Waals surface area contributed by atoms with Gasteiger partial charge in [0.15, 0.2) is 0 Å². The van der Waals surface area contributed by atoms with Gasteiger partial charge in [-0.05, 0) is 19.1 Å². The van der Waals surface area contributed by atoms with Crippen LogP contribution in [-0.2, 0) is 9.53 Å². The molecule has 0 unspecified atom stereocenters. The zero-order valence-corrected chi connectivity index (χ0v) is 8.18. The van der Waals surface area contributed by atoms with E-state index in [-0.39, 0.29) is 5.91 Å². The van der Waals surface area contributed by atoms with Crippen LogP contribution in [0.15, 0.2) is 0 Å². The van der Waals surface area contributed by atoms with Crippen molar-refractivity contribution in [2.45, 2.75) is 13.8 Å². The second-order valence-electron chi connectivity index (χ2n) is 1.70. The molecule has 1 amide bonds. The van der Waals surface area contributed by atoms with Gasteiger partial charge in [0.25, 0.3) is 0 Å². The second kappa shape index (κ2) is 6.42. The smallest absolute Gasteiger partial charge is 0.221 e. The lowest BCUT2D eigenvalue weighted by molar-refractivity contribution is -0.118. The number of thioether (sulfide) groups is 1. The summed E-state index contributed by atoms with van der Waals surface area (Å²) in [5, 5.41) is 2.59. The van der Waals surface area contributed by atoms with Gasteiger partial charge in [-0.2, -0.15) is 0 Å². The van der Waals surface area contributed by atoms with Crippen molar-refractivity contribution in [2.24, 2.45) is 0 Å². The molecule has 0 saturated carbocycles. The van der Waals surface area contributed by atoms with Gasteiger partial charge in [0.2, 0.25) is 10.3 Å². The lowest BCUT2D eigenvalue weighted by atomic mass is 10.7. The number of ether oxygens (including phenoxy) is 1. The minimum absolute atomic E-state index is 0.0585. The number of carbonyl (C=O) groups excluding carboxylic acids is 1. The van der Waals surface area contributed by atoms with Gasteiger partial charge in [-0.3, -0.25) is 4.79 Å². The molecule has 0 aromatic heterocycles. The van der Waals surface area contributed by atoms with Crippen LogP contribution in [0.25, 0.3) is 0 Å². The maximum absolute atomic E-state index is 10.4. The van der Waals surface area contributed by atoms with E-state index in [1.807, 2.05) is 6.92 Å². The number of carbonyl (C=O) groups is 1. The van der Waals surface area contributed by atoms with E-state index in [0.29, 0.717) is 16.9 Å². The van der Waals surface area contributed by atoms with Crippen LogP contribution >= 0.6 is 24.0 Å². The van der Waals surface area contributed by atoms with E-state index in [1.165, 1.54) is 18.7 Å². The zero-order chi connectivity index (χ0) is 8.69. The summed E-state index contributed by atoms with van der Waals surface area (Å²) in [7, 11) is 0. The highest BCUT2D eigenvalue weighted by atomic mass is 32.2. The van der Waals surface area contributed by atoms with Crippen LogP contribution in [0, 0.1) is 0 Å². The largest absolute Gasteiger partial charge is 0.479 e. The molecule has 3 nitrogen and oxygen atoms in total. The lowest BCUT2D eigenvalue weighted by Gasteiger charge is -2.03. The van der Waals surface area contributed by atoms with Gasteiger partial charge in [-0.1, -0.05) is 11.8 Å². The molecule has 0 heterocycles. The SMILES string of the molecule is CCOC(=S)SCNC(C)=O. The van der Waals surface area contributed by atoms with Crippen LogP contribution in [-0.4, -0.2) is 22.8 Å². The first-order valence-corrected chi connectivity index (χ1v) is 4.60. The van der Waals surface area contributed by atoms with Crippen molar-refractivity contribution in [3.05, 3.63) is 0 Å². The Kier molecular flexibility index (Phi) is 6.25. The highest BCUT2D eigenvalue weighted by molar-refractivity contribution is 8.22. The molecule has 0 aromatic carbocycles. The Morgan fingerprint density at radius 3 is 2.82 bits per heavy atom. The normalized spacial score (nSPS) is 8.91. The second-order valence-corrected chi connectivity index (χ2v) is 3.28. The fourth-order valence-electron chi connectivity index (χ4n) is 0.356. The van der Waals surface area contributed by atoms with E-state index in [0.717, 1.165) is 0 Å². The maximum atomic E-state index is 10.4. The molecule has 0 spiro atoms. The number of nitrogens with one attached hydrogen (secondary N) is 1. The Bertz CT molecular complexity index is 150. The molecular weight excluding hydrogens is 182 g/mol. The van der Waals surface area contributed by atoms with E-state index in [4.69, 9.17) is 17.0 Å². The number of thiocarbonyl (C=S) groups is 1. The number of amides is 1. The molecule has 0 radical (unpaired) electrons. The Balaban J connectivity index is 3.24. The standard InChI is InChI=1S/C6H11NO2S2/c1-3-9-6(10)11-4-7-5(2)8/h3-4H2,1-2H3,(H,7,8). The Labute approximate surface area is 75.9 Å². The monoisotopic (exact) mass is 193 g/mol. The van der Waals surface area contributed by atoms with E-state index >= 15 is 0 Å². The molecular formula is C6H11NO2S2. The van der Waals surface area contributed by atoms with Crippen LogP contribution in [0.4, 0.5) is 0 Å². The zero-order valence-electron chi connectivity index (χ0n) is 6.55. The van der Waals surface area contributed by atoms with Crippen molar-refractivity contribution in [1.29, 1.82) is 0 Å². The molecule has 0 aliphatic rings. The molecule has 0 fully saturated rings. The van der Waals surface area contributed by atoms with Crippen molar-refractivity contribution in [1.82, 2.24) is 5.32 Å². The summed E-state index contributed by atoms with van der Waals surface area (Å²) < 4.78 is 5.44. The van der Waals surface area contributed by atoms with Crippen LogP contribution < -0.4 is 5.32 Å². The first-order chi connectivity index (χ1) is 5.16. The van der Waals surface area contributed by atoms with E-state index in [9.17, 15) is 4.79 Å². The average molecular weight is 193 g/mol. The molecule has 0 bridgehead atoms. The van der Waals surface area contributed by atoms with Crippen molar-refractivity contribution in [3.63, 3.8) is 0 Å². The minimum Gasteiger partial charge on any atom is -0.479 e. The molecule has 0 saturated heterocycles. The average Bonchev–Trinajstić information content (AvgIpc) is 1.87. The van der Waals surface area contributed by atoms with E-state index in [1.54, 1.807) is 0 Å². The molecule has 0 atom stereocenters. The van der Waals surface area contributed by atoms with Gasteiger partial charge in [0.1, 0.15) is 0 Å². The van der Waals surface area contributed by atoms with Crippen molar-refractivity contribution in [2.75, 3.05) is 12.5 Å². The highest BCUT2D eigenvalue weighted by Gasteiger charge is 1.96. The first kappa shape index (κ1) is 10.7. The summed E-state index contributed by atoms with van der Waals surface area (Å²) in [5.41, 5.74) is 0. The van der Waals surface area contributed by atoms with Crippen LogP contribution in [0.2, 0.25) is 0 Å². The predicted octanol–water partition coefficient (Wildman–Crippen LogP) is 1.13. The van der Waals surface area contributed by atoms with E-state index < -0.39 is 0 Å². The summed E-state index contributed by atoms with van der Waals surface area (Å²) in [6, 6.07) is 0. The number of hydrogen-bond donors (Lipinski definition) is 1. The molecule has 64 valence electrons. The molecule has 0 aromatic rings. The van der Waals surface area contributed by atoms with Gasteiger partial charge < -0.3 is 10.1 Å².